The lowest BCUT2D eigenvalue weighted by molar-refractivity contribution is 0.0699. The van der Waals surface area contributed by atoms with E-state index in [9.17, 15) is 27.9 Å². The monoisotopic (exact) mass is 407 g/mol. The van der Waals surface area contributed by atoms with Crippen LogP contribution in [0.4, 0.5) is 4.79 Å². The molecular formula is C17H17N3O7S. The molecule has 0 radical (unpaired) electrons. The van der Waals surface area contributed by atoms with Gasteiger partial charge in [-0.05, 0) is 32.0 Å². The number of H-pyrrole nitrogens is 2. The molecule has 0 atom stereocenters. The zero-order valence-electron chi connectivity index (χ0n) is 15.0. The van der Waals surface area contributed by atoms with Crippen LogP contribution in [0.3, 0.4) is 0 Å². The van der Waals surface area contributed by atoms with E-state index < -0.39 is 27.6 Å². The van der Waals surface area contributed by atoms with Crippen molar-refractivity contribution in [2.75, 3.05) is 13.2 Å². The number of fused-ring (bicyclic) bond motifs is 3. The van der Waals surface area contributed by atoms with Crippen LogP contribution in [0.1, 0.15) is 24.2 Å². The highest BCUT2D eigenvalue weighted by Gasteiger charge is 2.29. The average molecular weight is 407 g/mol. The number of amides is 1. The summed E-state index contributed by atoms with van der Waals surface area (Å²) in [6, 6.07) is 3.81. The van der Waals surface area contributed by atoms with Gasteiger partial charge in [0.25, 0.3) is 15.6 Å². The summed E-state index contributed by atoms with van der Waals surface area (Å²) in [5, 5.41) is 9.69. The maximum atomic E-state index is 12.9. The number of pyridine rings is 1. The quantitative estimate of drug-likeness (QED) is 0.584. The molecule has 28 heavy (non-hydrogen) atoms. The van der Waals surface area contributed by atoms with Crippen LogP contribution in [0.5, 0.6) is 0 Å². The molecule has 0 fully saturated rings. The highest BCUT2D eigenvalue weighted by molar-refractivity contribution is 7.89. The number of carbonyl (C=O) groups is 2. The van der Waals surface area contributed by atoms with Gasteiger partial charge in [0.2, 0.25) is 0 Å². The molecule has 3 N–H and O–H groups in total. The van der Waals surface area contributed by atoms with Crippen molar-refractivity contribution < 1.29 is 27.9 Å². The Morgan fingerprint density at radius 3 is 2.57 bits per heavy atom. The molecule has 0 aliphatic rings. The van der Waals surface area contributed by atoms with Crippen LogP contribution in [-0.4, -0.2) is 53.0 Å². The van der Waals surface area contributed by atoms with E-state index in [0.717, 1.165) is 0 Å². The fraction of sp³-hybridized carbons (Fsp3) is 0.235. The third-order valence-electron chi connectivity index (χ3n) is 4.19. The second-order valence-corrected chi connectivity index (χ2v) is 7.65. The highest BCUT2D eigenvalue weighted by Crippen LogP contribution is 2.28. The van der Waals surface area contributed by atoms with Crippen LogP contribution in [0.15, 0.2) is 34.1 Å². The van der Waals surface area contributed by atoms with Gasteiger partial charge >= 0.3 is 12.1 Å². The van der Waals surface area contributed by atoms with Crippen molar-refractivity contribution in [3.63, 3.8) is 0 Å². The van der Waals surface area contributed by atoms with Gasteiger partial charge in [0.05, 0.1) is 17.1 Å². The topological polar surface area (TPSA) is 150 Å². The van der Waals surface area contributed by atoms with Crippen LogP contribution in [0.2, 0.25) is 0 Å². The Morgan fingerprint density at radius 2 is 1.96 bits per heavy atom. The van der Waals surface area contributed by atoms with Gasteiger partial charge in [-0.1, -0.05) is 0 Å². The normalized spacial score (nSPS) is 11.6. The fourth-order valence-corrected chi connectivity index (χ4v) is 4.31. The van der Waals surface area contributed by atoms with Crippen molar-refractivity contribution in [1.29, 1.82) is 0 Å². The van der Waals surface area contributed by atoms with E-state index in [4.69, 9.17) is 4.74 Å². The van der Waals surface area contributed by atoms with Crippen molar-refractivity contribution in [3.8, 4) is 0 Å². The molecule has 0 saturated heterocycles. The summed E-state index contributed by atoms with van der Waals surface area (Å²) < 4.78 is 31.2. The van der Waals surface area contributed by atoms with Crippen LogP contribution in [0.25, 0.3) is 21.8 Å². The van der Waals surface area contributed by atoms with E-state index in [1.165, 1.54) is 31.3 Å². The molecule has 0 unspecified atom stereocenters. The molecule has 2 aromatic heterocycles. The third kappa shape index (κ3) is 2.99. The summed E-state index contributed by atoms with van der Waals surface area (Å²) in [4.78, 5) is 40.6. The largest absolute Gasteiger partial charge is 0.478 e. The van der Waals surface area contributed by atoms with Crippen molar-refractivity contribution in [2.24, 2.45) is 0 Å². The summed E-state index contributed by atoms with van der Waals surface area (Å²) >= 11 is 0. The van der Waals surface area contributed by atoms with Gasteiger partial charge in [-0.15, -0.1) is 0 Å². The zero-order valence-corrected chi connectivity index (χ0v) is 15.8. The molecule has 3 aromatic rings. The number of sulfonamides is 1. The third-order valence-corrected chi connectivity index (χ3v) is 6.03. The molecule has 1 amide bonds. The van der Waals surface area contributed by atoms with Gasteiger partial charge in [-0.3, -0.25) is 4.79 Å². The van der Waals surface area contributed by atoms with Crippen molar-refractivity contribution >= 4 is 43.9 Å². The number of nitrogens with zero attached hydrogens (tertiary/aromatic N) is 1. The van der Waals surface area contributed by atoms with E-state index in [2.05, 4.69) is 9.97 Å². The molecule has 0 bridgehead atoms. The minimum absolute atomic E-state index is 0.00968. The molecule has 2 heterocycles. The predicted molar refractivity (Wildman–Crippen MR) is 100.0 cm³/mol. The Kier molecular flexibility index (Phi) is 4.86. The molecular weight excluding hydrogens is 390 g/mol. The summed E-state index contributed by atoms with van der Waals surface area (Å²) in [5.41, 5.74) is -0.430. The summed E-state index contributed by atoms with van der Waals surface area (Å²) in [6.45, 7) is 2.90. The van der Waals surface area contributed by atoms with Crippen LogP contribution in [-0.2, 0) is 14.8 Å². The summed E-state index contributed by atoms with van der Waals surface area (Å²) in [7, 11) is -4.25. The maximum absolute atomic E-state index is 12.9. The molecule has 11 heteroatoms. The summed E-state index contributed by atoms with van der Waals surface area (Å²) in [6.07, 6.45) is 0.157. The second-order valence-electron chi connectivity index (χ2n) is 5.79. The van der Waals surface area contributed by atoms with Crippen LogP contribution < -0.4 is 5.56 Å². The number of aromatic amines is 2. The first-order valence-electron chi connectivity index (χ1n) is 8.32. The van der Waals surface area contributed by atoms with Gasteiger partial charge < -0.3 is 19.8 Å². The Hall–Kier alpha value is -3.34. The number of carbonyl (C=O) groups excluding carboxylic acids is 1. The number of carboxylic acids is 1. The van der Waals surface area contributed by atoms with Gasteiger partial charge in [0, 0.05) is 29.0 Å². The van der Waals surface area contributed by atoms with Gasteiger partial charge in [-0.2, -0.15) is 0 Å². The van der Waals surface area contributed by atoms with Gasteiger partial charge in [-0.25, -0.2) is 22.3 Å². The number of aromatic nitrogens is 2. The van der Waals surface area contributed by atoms with Gasteiger partial charge in [0.1, 0.15) is 5.52 Å². The molecule has 0 saturated carbocycles. The molecule has 148 valence electrons. The van der Waals surface area contributed by atoms with E-state index in [1.807, 2.05) is 0 Å². The average Bonchev–Trinajstić information content (AvgIpc) is 3.08. The Labute approximate surface area is 158 Å². The summed E-state index contributed by atoms with van der Waals surface area (Å²) in [5.74, 6) is -1.27. The standard InChI is InChI=1S/C17H17N3O7S/c1-3-20(17(24)27-4-2)28(25,26)9-5-6-12-10(7-9)13-11(16(22)23)8-18-14(13)15(21)19-12/h5-8,18H,3-4H2,1-2H3,(H,19,21)(H,22,23). The highest BCUT2D eigenvalue weighted by atomic mass is 32.2. The minimum Gasteiger partial charge on any atom is -0.478 e. The first kappa shape index (κ1) is 19.4. The van der Waals surface area contributed by atoms with Crippen LogP contribution in [0, 0.1) is 0 Å². The first-order valence-corrected chi connectivity index (χ1v) is 9.76. The molecule has 10 nitrogen and oxygen atoms in total. The first-order chi connectivity index (χ1) is 13.2. The SMILES string of the molecule is CCOC(=O)N(CC)S(=O)(=O)c1ccc2[nH]c(=O)c3[nH]cc(C(=O)O)c3c2c1. The molecule has 0 aliphatic heterocycles. The predicted octanol–water partition coefficient (Wildman–Crippen LogP) is 1.87. The number of benzene rings is 1. The number of hydrogen-bond donors (Lipinski definition) is 3. The molecule has 0 aliphatic carbocycles. The molecule has 3 rings (SSSR count). The number of rotatable bonds is 5. The Bertz CT molecular complexity index is 1260. The lowest BCUT2D eigenvalue weighted by Gasteiger charge is -2.20. The van der Waals surface area contributed by atoms with Crippen molar-refractivity contribution in [1.82, 2.24) is 14.3 Å². The van der Waals surface area contributed by atoms with E-state index in [0.29, 0.717) is 4.31 Å². The second kappa shape index (κ2) is 7.00. The lowest BCUT2D eigenvalue weighted by atomic mass is 10.1. The van der Waals surface area contributed by atoms with Crippen molar-refractivity contribution in [3.05, 3.63) is 40.3 Å². The number of hydrogen-bond acceptors (Lipinski definition) is 6. The van der Waals surface area contributed by atoms with E-state index >= 15 is 0 Å². The van der Waals surface area contributed by atoms with Gasteiger partial charge in [0.15, 0.2) is 0 Å². The molecule has 0 spiro atoms. The fourth-order valence-electron chi connectivity index (χ4n) is 2.96. The van der Waals surface area contributed by atoms with Crippen molar-refractivity contribution in [2.45, 2.75) is 18.7 Å². The van der Waals surface area contributed by atoms with E-state index in [1.54, 1.807) is 6.92 Å². The Morgan fingerprint density at radius 1 is 1.25 bits per heavy atom. The van der Waals surface area contributed by atoms with Crippen LogP contribution >= 0.6 is 0 Å². The maximum Gasteiger partial charge on any atom is 0.423 e. The number of carboxylic acid groups (broad SMARTS) is 1. The molecule has 1 aromatic carbocycles. The van der Waals surface area contributed by atoms with E-state index in [-0.39, 0.29) is 45.4 Å². The zero-order chi connectivity index (χ0) is 20.6. The number of ether oxygens (including phenoxy) is 1. The lowest BCUT2D eigenvalue weighted by Crippen LogP contribution is -2.37. The minimum atomic E-state index is -4.25. The number of nitrogens with one attached hydrogen (secondary N) is 2. The smallest absolute Gasteiger partial charge is 0.423 e. The Balaban J connectivity index is 2.29. The number of aromatic carboxylic acids is 1.